The number of nitrogens with zero attached hydrogens (tertiary/aromatic N) is 1. The molecular weight excluding hydrogens is 315 g/mol. The highest BCUT2D eigenvalue weighted by Crippen LogP contribution is 2.29. The smallest absolute Gasteiger partial charge is 0.226 e. The summed E-state index contributed by atoms with van der Waals surface area (Å²) in [7, 11) is 0. The minimum atomic E-state index is -0.289. The van der Waals surface area contributed by atoms with Gasteiger partial charge in [0.25, 0.3) is 0 Å². The molecule has 122 valence electrons. The van der Waals surface area contributed by atoms with Crippen LogP contribution < -0.4 is 10.1 Å². The number of carbonyl (C=O) groups excluding carboxylic acids is 1. The predicted octanol–water partition coefficient (Wildman–Crippen LogP) is 3.96. The molecule has 1 aromatic carbocycles. The zero-order valence-corrected chi connectivity index (χ0v) is 13.6. The van der Waals surface area contributed by atoms with E-state index < -0.39 is 0 Å². The summed E-state index contributed by atoms with van der Waals surface area (Å²) in [6.07, 6.45) is 5.48. The summed E-state index contributed by atoms with van der Waals surface area (Å²) in [6, 6.07) is 5.86. The van der Waals surface area contributed by atoms with Crippen molar-refractivity contribution < 1.29 is 13.9 Å². The molecule has 0 spiro atoms. The first-order valence-electron chi connectivity index (χ1n) is 7.87. The number of ether oxygens (including phenoxy) is 1. The van der Waals surface area contributed by atoms with E-state index in [0.717, 1.165) is 18.5 Å². The van der Waals surface area contributed by atoms with E-state index in [1.807, 2.05) is 0 Å². The Balaban J connectivity index is 1.39. The lowest BCUT2D eigenvalue weighted by Crippen LogP contribution is -2.12. The van der Waals surface area contributed by atoms with Crippen LogP contribution in [0.25, 0.3) is 0 Å². The molecule has 0 atom stereocenters. The lowest BCUT2D eigenvalue weighted by Gasteiger charge is -2.06. The van der Waals surface area contributed by atoms with Gasteiger partial charge < -0.3 is 10.1 Å². The van der Waals surface area contributed by atoms with Gasteiger partial charge in [0.2, 0.25) is 5.91 Å². The van der Waals surface area contributed by atoms with Crippen molar-refractivity contribution in [2.45, 2.75) is 38.5 Å². The molecule has 1 aliphatic carbocycles. The number of aryl methyl sites for hydroxylation is 2. The van der Waals surface area contributed by atoms with Crippen LogP contribution in [0.1, 0.15) is 36.3 Å². The van der Waals surface area contributed by atoms with Crippen molar-refractivity contribution in [3.63, 3.8) is 0 Å². The fourth-order valence-corrected chi connectivity index (χ4v) is 3.61. The molecule has 0 unspecified atom stereocenters. The summed E-state index contributed by atoms with van der Waals surface area (Å²) < 4.78 is 18.2. The van der Waals surface area contributed by atoms with Crippen LogP contribution in [-0.2, 0) is 17.6 Å². The Morgan fingerprint density at radius 2 is 2.04 bits per heavy atom. The van der Waals surface area contributed by atoms with Crippen LogP contribution in [0.2, 0.25) is 0 Å². The maximum absolute atomic E-state index is 12.8. The van der Waals surface area contributed by atoms with E-state index in [9.17, 15) is 9.18 Å². The highest BCUT2D eigenvalue weighted by Gasteiger charge is 2.16. The third-order valence-corrected chi connectivity index (χ3v) is 4.80. The summed E-state index contributed by atoms with van der Waals surface area (Å²) >= 11 is 1.59. The number of carbonyl (C=O) groups is 1. The zero-order valence-electron chi connectivity index (χ0n) is 12.8. The van der Waals surface area contributed by atoms with Crippen LogP contribution in [0, 0.1) is 5.82 Å². The molecule has 1 heterocycles. The Morgan fingerprint density at radius 3 is 2.83 bits per heavy atom. The molecule has 6 heteroatoms. The van der Waals surface area contributed by atoms with Crippen molar-refractivity contribution in [1.82, 2.24) is 4.98 Å². The molecule has 0 fully saturated rings. The first kappa shape index (κ1) is 15.9. The maximum atomic E-state index is 12.8. The number of rotatable bonds is 6. The second kappa shape index (κ2) is 7.55. The lowest BCUT2D eigenvalue weighted by atomic mass is 10.0. The van der Waals surface area contributed by atoms with Crippen LogP contribution in [0.15, 0.2) is 24.3 Å². The van der Waals surface area contributed by atoms with Gasteiger partial charge >= 0.3 is 0 Å². The van der Waals surface area contributed by atoms with Crippen molar-refractivity contribution in [3.05, 3.63) is 40.7 Å². The van der Waals surface area contributed by atoms with Crippen LogP contribution in [0.5, 0.6) is 5.75 Å². The van der Waals surface area contributed by atoms with Crippen molar-refractivity contribution in [1.29, 1.82) is 0 Å². The van der Waals surface area contributed by atoms with Gasteiger partial charge in [-0.15, -0.1) is 11.3 Å². The number of halogens is 1. The van der Waals surface area contributed by atoms with Gasteiger partial charge in [-0.05, 0) is 56.4 Å². The highest BCUT2D eigenvalue weighted by atomic mass is 32.1. The Bertz CT molecular complexity index is 646. The van der Waals surface area contributed by atoms with E-state index in [4.69, 9.17) is 4.74 Å². The van der Waals surface area contributed by atoms with E-state index >= 15 is 0 Å². The average molecular weight is 334 g/mol. The fourth-order valence-electron chi connectivity index (χ4n) is 2.54. The average Bonchev–Trinajstić information content (AvgIpc) is 2.95. The second-order valence-electron chi connectivity index (χ2n) is 5.55. The largest absolute Gasteiger partial charge is 0.494 e. The number of benzene rings is 1. The van der Waals surface area contributed by atoms with Gasteiger partial charge in [-0.3, -0.25) is 4.79 Å². The molecule has 3 rings (SSSR count). The topological polar surface area (TPSA) is 51.2 Å². The lowest BCUT2D eigenvalue weighted by molar-refractivity contribution is -0.116. The van der Waals surface area contributed by atoms with Crippen molar-refractivity contribution >= 4 is 22.4 Å². The Kier molecular flexibility index (Phi) is 5.23. The molecule has 1 N–H and O–H groups in total. The van der Waals surface area contributed by atoms with Gasteiger partial charge in [0, 0.05) is 11.3 Å². The van der Waals surface area contributed by atoms with Crippen LogP contribution >= 0.6 is 11.3 Å². The molecular formula is C17H19FN2O2S. The number of hydrogen-bond acceptors (Lipinski definition) is 4. The van der Waals surface area contributed by atoms with Gasteiger partial charge in [0.1, 0.15) is 11.6 Å². The molecule has 0 radical (unpaired) electrons. The normalized spacial score (nSPS) is 13.4. The van der Waals surface area contributed by atoms with E-state index in [0.29, 0.717) is 30.3 Å². The summed E-state index contributed by atoms with van der Waals surface area (Å²) in [5, 5.41) is 3.58. The van der Waals surface area contributed by atoms with Gasteiger partial charge in [0.15, 0.2) is 5.13 Å². The number of nitrogens with one attached hydrogen (secondary N) is 1. The summed E-state index contributed by atoms with van der Waals surface area (Å²) in [6.45, 7) is 0.424. The second-order valence-corrected chi connectivity index (χ2v) is 6.63. The van der Waals surface area contributed by atoms with Crippen molar-refractivity contribution in [2.24, 2.45) is 0 Å². The van der Waals surface area contributed by atoms with Gasteiger partial charge in [-0.2, -0.15) is 0 Å². The highest BCUT2D eigenvalue weighted by molar-refractivity contribution is 7.15. The number of thiazole rings is 1. The van der Waals surface area contributed by atoms with Crippen LogP contribution in [0.3, 0.4) is 0 Å². The summed E-state index contributed by atoms with van der Waals surface area (Å²) in [5.41, 5.74) is 1.15. The zero-order chi connectivity index (χ0) is 16.1. The first-order valence-corrected chi connectivity index (χ1v) is 8.69. The molecule has 1 aliphatic rings. The molecule has 2 aromatic rings. The monoisotopic (exact) mass is 334 g/mol. The summed E-state index contributed by atoms with van der Waals surface area (Å²) in [5.74, 6) is 0.279. The predicted molar refractivity (Wildman–Crippen MR) is 88.5 cm³/mol. The van der Waals surface area contributed by atoms with Crippen LogP contribution in [-0.4, -0.2) is 17.5 Å². The van der Waals surface area contributed by atoms with Gasteiger partial charge in [-0.1, -0.05) is 0 Å². The maximum Gasteiger partial charge on any atom is 0.226 e. The van der Waals surface area contributed by atoms with Crippen molar-refractivity contribution in [2.75, 3.05) is 11.9 Å². The number of anilines is 1. The molecule has 1 amide bonds. The fraction of sp³-hybridized carbons (Fsp3) is 0.412. The van der Waals surface area contributed by atoms with Gasteiger partial charge in [-0.25, -0.2) is 9.37 Å². The number of hydrogen-bond donors (Lipinski definition) is 1. The van der Waals surface area contributed by atoms with Gasteiger partial charge in [0.05, 0.1) is 12.3 Å². The molecule has 0 bridgehead atoms. The van der Waals surface area contributed by atoms with E-state index in [1.54, 1.807) is 23.5 Å². The molecule has 0 saturated heterocycles. The number of fused-ring (bicyclic) bond motifs is 1. The van der Waals surface area contributed by atoms with Crippen molar-refractivity contribution in [3.8, 4) is 5.75 Å². The Labute approximate surface area is 138 Å². The molecule has 23 heavy (non-hydrogen) atoms. The van der Waals surface area contributed by atoms with E-state index in [1.165, 1.54) is 29.9 Å². The quantitative estimate of drug-likeness (QED) is 0.814. The minimum Gasteiger partial charge on any atom is -0.494 e. The summed E-state index contributed by atoms with van der Waals surface area (Å²) in [4.78, 5) is 17.7. The first-order chi connectivity index (χ1) is 11.2. The number of amides is 1. The molecule has 0 aliphatic heterocycles. The third kappa shape index (κ3) is 4.51. The Hall–Kier alpha value is -1.95. The molecule has 0 saturated carbocycles. The number of aromatic nitrogens is 1. The molecule has 1 aromatic heterocycles. The third-order valence-electron chi connectivity index (χ3n) is 3.72. The molecule has 4 nitrogen and oxygen atoms in total. The standard InChI is InChI=1S/C17H19FN2O2S/c18-12-7-9-13(10-8-12)22-11-3-6-16(21)20-17-19-14-4-1-2-5-15(14)23-17/h7-10H,1-6,11H2,(H,19,20,21). The SMILES string of the molecule is O=C(CCCOc1ccc(F)cc1)Nc1nc2c(s1)CCCC2. The van der Waals surface area contributed by atoms with E-state index in [2.05, 4.69) is 10.3 Å². The van der Waals surface area contributed by atoms with Crippen LogP contribution in [0.4, 0.5) is 9.52 Å². The Morgan fingerprint density at radius 1 is 1.26 bits per heavy atom. The minimum absolute atomic E-state index is 0.0428. The van der Waals surface area contributed by atoms with E-state index in [-0.39, 0.29) is 11.7 Å².